The summed E-state index contributed by atoms with van der Waals surface area (Å²) in [7, 11) is 0. The van der Waals surface area contributed by atoms with E-state index in [1.165, 1.54) is 12.1 Å². The van der Waals surface area contributed by atoms with Crippen molar-refractivity contribution in [3.05, 3.63) is 29.6 Å². The summed E-state index contributed by atoms with van der Waals surface area (Å²) in [5.74, 6) is -1.01. The topological polar surface area (TPSA) is 75.3 Å². The fraction of sp³-hybridized carbons (Fsp3) is 0.364. The molecule has 1 rings (SSSR count). The third kappa shape index (κ3) is 3.20. The molecular formula is C11H15FN2O2. The molecular weight excluding hydrogens is 211 g/mol. The van der Waals surface area contributed by atoms with E-state index in [9.17, 15) is 9.18 Å². The van der Waals surface area contributed by atoms with Crippen LogP contribution in [-0.2, 0) is 0 Å². The van der Waals surface area contributed by atoms with E-state index < -0.39 is 5.82 Å². The number of carbonyl (C=O) groups is 1. The quantitative estimate of drug-likeness (QED) is 0.664. The number of nitrogens with one attached hydrogen (secondary N) is 1. The molecule has 0 fully saturated rings. The smallest absolute Gasteiger partial charge is 0.251 e. The van der Waals surface area contributed by atoms with Gasteiger partial charge in [-0.25, -0.2) is 4.39 Å². The van der Waals surface area contributed by atoms with Crippen LogP contribution in [0.3, 0.4) is 0 Å². The molecule has 0 aliphatic heterocycles. The van der Waals surface area contributed by atoms with E-state index in [1.807, 2.05) is 0 Å². The number of halogens is 1. The van der Waals surface area contributed by atoms with Crippen molar-refractivity contribution < 1.29 is 14.3 Å². The Morgan fingerprint density at radius 3 is 2.88 bits per heavy atom. The molecule has 0 bridgehead atoms. The van der Waals surface area contributed by atoms with Gasteiger partial charge in [0, 0.05) is 18.7 Å². The van der Waals surface area contributed by atoms with Crippen molar-refractivity contribution in [2.75, 3.05) is 18.9 Å². The molecule has 1 atom stereocenters. The summed E-state index contributed by atoms with van der Waals surface area (Å²) in [5, 5.41) is 11.4. The molecule has 0 aliphatic carbocycles. The average molecular weight is 226 g/mol. The molecule has 16 heavy (non-hydrogen) atoms. The van der Waals surface area contributed by atoms with Crippen LogP contribution in [0.25, 0.3) is 0 Å². The van der Waals surface area contributed by atoms with Crippen molar-refractivity contribution in [3.63, 3.8) is 0 Å². The van der Waals surface area contributed by atoms with Crippen LogP contribution in [-0.4, -0.2) is 24.2 Å². The molecule has 1 aromatic carbocycles. The van der Waals surface area contributed by atoms with Gasteiger partial charge in [-0.1, -0.05) is 6.92 Å². The number of carbonyl (C=O) groups excluding carboxylic acids is 1. The maximum absolute atomic E-state index is 13.1. The zero-order valence-corrected chi connectivity index (χ0v) is 9.03. The Morgan fingerprint density at radius 2 is 2.31 bits per heavy atom. The maximum Gasteiger partial charge on any atom is 0.251 e. The number of nitrogen functional groups attached to an aromatic ring is 1. The summed E-state index contributed by atoms with van der Waals surface area (Å²) in [6.45, 7) is 2.14. The second kappa shape index (κ2) is 5.46. The first-order valence-corrected chi connectivity index (χ1v) is 4.98. The normalized spacial score (nSPS) is 12.2. The van der Waals surface area contributed by atoms with Gasteiger partial charge >= 0.3 is 0 Å². The van der Waals surface area contributed by atoms with Gasteiger partial charge in [0.05, 0.1) is 5.69 Å². The van der Waals surface area contributed by atoms with Crippen LogP contribution >= 0.6 is 0 Å². The molecule has 1 aromatic rings. The first-order chi connectivity index (χ1) is 7.54. The Bertz CT molecular complexity index is 382. The zero-order chi connectivity index (χ0) is 12.1. The highest BCUT2D eigenvalue weighted by Gasteiger charge is 2.09. The minimum absolute atomic E-state index is 0.00359. The molecule has 0 aromatic heterocycles. The van der Waals surface area contributed by atoms with Crippen LogP contribution in [0.4, 0.5) is 10.1 Å². The summed E-state index contributed by atoms with van der Waals surface area (Å²) in [6.07, 6.45) is 0. The van der Waals surface area contributed by atoms with E-state index >= 15 is 0 Å². The van der Waals surface area contributed by atoms with E-state index in [2.05, 4.69) is 5.32 Å². The van der Waals surface area contributed by atoms with Crippen LogP contribution < -0.4 is 11.1 Å². The predicted octanol–water partition coefficient (Wildman–Crippen LogP) is 0.766. The van der Waals surface area contributed by atoms with Crippen molar-refractivity contribution >= 4 is 11.6 Å². The van der Waals surface area contributed by atoms with E-state index in [0.29, 0.717) is 6.54 Å². The first-order valence-electron chi connectivity index (χ1n) is 4.98. The summed E-state index contributed by atoms with van der Waals surface area (Å²) in [4.78, 5) is 11.5. The number of aliphatic hydroxyl groups is 1. The van der Waals surface area contributed by atoms with Crippen LogP contribution in [0, 0.1) is 11.7 Å². The minimum Gasteiger partial charge on any atom is -0.396 e. The third-order valence-electron chi connectivity index (χ3n) is 2.19. The largest absolute Gasteiger partial charge is 0.396 e. The van der Waals surface area contributed by atoms with Gasteiger partial charge in [-0.3, -0.25) is 4.79 Å². The van der Waals surface area contributed by atoms with Crippen molar-refractivity contribution in [3.8, 4) is 0 Å². The second-order valence-electron chi connectivity index (χ2n) is 3.73. The summed E-state index contributed by atoms with van der Waals surface area (Å²) >= 11 is 0. The number of hydrogen-bond acceptors (Lipinski definition) is 3. The second-order valence-corrected chi connectivity index (χ2v) is 3.73. The van der Waals surface area contributed by atoms with Crippen molar-refractivity contribution in [1.82, 2.24) is 5.32 Å². The Kier molecular flexibility index (Phi) is 4.25. The molecule has 0 spiro atoms. The van der Waals surface area contributed by atoms with Gasteiger partial charge in [0.15, 0.2) is 0 Å². The molecule has 88 valence electrons. The molecule has 1 amide bonds. The Balaban J connectivity index is 2.63. The van der Waals surface area contributed by atoms with E-state index in [4.69, 9.17) is 10.8 Å². The highest BCUT2D eigenvalue weighted by Crippen LogP contribution is 2.11. The molecule has 4 N–H and O–H groups in total. The fourth-order valence-electron chi connectivity index (χ4n) is 1.10. The van der Waals surface area contributed by atoms with Crippen molar-refractivity contribution in [1.29, 1.82) is 0 Å². The predicted molar refractivity (Wildman–Crippen MR) is 59.4 cm³/mol. The summed E-state index contributed by atoms with van der Waals surface area (Å²) < 4.78 is 13.1. The lowest BCUT2D eigenvalue weighted by molar-refractivity contribution is 0.0942. The van der Waals surface area contributed by atoms with Crippen LogP contribution in [0.5, 0.6) is 0 Å². The van der Waals surface area contributed by atoms with Crippen molar-refractivity contribution in [2.24, 2.45) is 5.92 Å². The number of amides is 1. The standard InChI is InChI=1S/C11H15FN2O2/c1-7(6-15)5-14-11(16)8-2-3-10(13)9(12)4-8/h2-4,7,15H,5-6,13H2,1H3,(H,14,16). The summed E-state index contributed by atoms with van der Waals surface area (Å²) in [5.41, 5.74) is 5.53. The Morgan fingerprint density at radius 1 is 1.62 bits per heavy atom. The number of benzene rings is 1. The van der Waals surface area contributed by atoms with Gasteiger partial charge < -0.3 is 16.2 Å². The Hall–Kier alpha value is -1.62. The van der Waals surface area contributed by atoms with E-state index in [-0.39, 0.29) is 29.7 Å². The van der Waals surface area contributed by atoms with Gasteiger partial charge in [-0.05, 0) is 24.1 Å². The molecule has 1 unspecified atom stereocenters. The maximum atomic E-state index is 13.1. The van der Waals surface area contributed by atoms with E-state index in [1.54, 1.807) is 6.92 Å². The highest BCUT2D eigenvalue weighted by molar-refractivity contribution is 5.94. The lowest BCUT2D eigenvalue weighted by Crippen LogP contribution is -2.29. The minimum atomic E-state index is -0.608. The molecule has 4 nitrogen and oxygen atoms in total. The first kappa shape index (κ1) is 12.4. The number of rotatable bonds is 4. The van der Waals surface area contributed by atoms with Gasteiger partial charge in [0.25, 0.3) is 5.91 Å². The average Bonchev–Trinajstić information content (AvgIpc) is 2.29. The van der Waals surface area contributed by atoms with Gasteiger partial charge in [0.2, 0.25) is 0 Å². The third-order valence-corrected chi connectivity index (χ3v) is 2.19. The highest BCUT2D eigenvalue weighted by atomic mass is 19.1. The molecule has 0 saturated carbocycles. The van der Waals surface area contributed by atoms with E-state index in [0.717, 1.165) is 6.07 Å². The Labute approximate surface area is 93.3 Å². The SMILES string of the molecule is CC(CO)CNC(=O)c1ccc(N)c(F)c1. The summed E-state index contributed by atoms with van der Waals surface area (Å²) in [6, 6.07) is 3.89. The van der Waals surface area contributed by atoms with Gasteiger partial charge in [0.1, 0.15) is 5.82 Å². The zero-order valence-electron chi connectivity index (χ0n) is 9.03. The van der Waals surface area contributed by atoms with Crippen LogP contribution in [0.1, 0.15) is 17.3 Å². The molecule has 0 aliphatic rings. The lowest BCUT2D eigenvalue weighted by atomic mass is 10.1. The number of aliphatic hydroxyl groups excluding tert-OH is 1. The fourth-order valence-corrected chi connectivity index (χ4v) is 1.10. The lowest BCUT2D eigenvalue weighted by Gasteiger charge is -2.09. The monoisotopic (exact) mass is 226 g/mol. The number of hydrogen-bond donors (Lipinski definition) is 3. The van der Waals surface area contributed by atoms with Gasteiger partial charge in [-0.2, -0.15) is 0 Å². The molecule has 0 saturated heterocycles. The molecule has 0 radical (unpaired) electrons. The number of nitrogens with two attached hydrogens (primary N) is 1. The van der Waals surface area contributed by atoms with Crippen LogP contribution in [0.15, 0.2) is 18.2 Å². The molecule has 5 heteroatoms. The van der Waals surface area contributed by atoms with Gasteiger partial charge in [-0.15, -0.1) is 0 Å². The van der Waals surface area contributed by atoms with Crippen molar-refractivity contribution in [2.45, 2.75) is 6.92 Å². The van der Waals surface area contributed by atoms with Crippen LogP contribution in [0.2, 0.25) is 0 Å². The molecule has 0 heterocycles. The number of anilines is 1.